The van der Waals surface area contributed by atoms with Crippen molar-refractivity contribution < 1.29 is 9.53 Å². The number of likely N-dealkylation sites (N-methyl/N-ethyl adjacent to an activating group) is 1. The van der Waals surface area contributed by atoms with Crippen molar-refractivity contribution in [2.45, 2.75) is 6.04 Å². The zero-order chi connectivity index (χ0) is 21.5. The molecule has 3 aromatic rings. The fourth-order valence-corrected chi connectivity index (χ4v) is 3.78. The number of ether oxygens (including phenoxy) is 1. The van der Waals surface area contributed by atoms with Gasteiger partial charge in [-0.25, -0.2) is 0 Å². The standard InChI is InChI=1S/C26H29N3O2/c1-28-15-17-29(18-16-28)20-25(21-9-4-2-5-10-21)27-26(30)22-11-8-14-24(19-22)31-23-12-6-3-7-13-23/h2-14,19,25H,15-18,20H2,1H3,(H,27,30). The van der Waals surface area contributed by atoms with Crippen LogP contribution in [0.2, 0.25) is 0 Å². The van der Waals surface area contributed by atoms with Crippen LogP contribution in [0.1, 0.15) is 22.0 Å². The van der Waals surface area contributed by atoms with Gasteiger partial charge in [-0.2, -0.15) is 0 Å². The van der Waals surface area contributed by atoms with E-state index in [0.29, 0.717) is 11.3 Å². The molecular weight excluding hydrogens is 386 g/mol. The van der Waals surface area contributed by atoms with Gasteiger partial charge in [-0.05, 0) is 42.9 Å². The summed E-state index contributed by atoms with van der Waals surface area (Å²) in [5, 5.41) is 3.25. The van der Waals surface area contributed by atoms with E-state index in [4.69, 9.17) is 4.74 Å². The minimum atomic E-state index is -0.0958. The molecule has 0 aromatic heterocycles. The average molecular weight is 416 g/mol. The zero-order valence-electron chi connectivity index (χ0n) is 17.9. The van der Waals surface area contributed by atoms with Crippen molar-refractivity contribution in [2.24, 2.45) is 0 Å². The van der Waals surface area contributed by atoms with E-state index in [1.54, 1.807) is 6.07 Å². The number of hydrogen-bond donors (Lipinski definition) is 1. The predicted molar refractivity (Wildman–Crippen MR) is 124 cm³/mol. The number of carbonyl (C=O) groups is 1. The monoisotopic (exact) mass is 415 g/mol. The number of nitrogens with one attached hydrogen (secondary N) is 1. The van der Waals surface area contributed by atoms with E-state index in [1.165, 1.54) is 0 Å². The van der Waals surface area contributed by atoms with Crippen molar-refractivity contribution in [1.29, 1.82) is 0 Å². The third-order valence-electron chi connectivity index (χ3n) is 5.62. The summed E-state index contributed by atoms with van der Waals surface area (Å²) in [6.45, 7) is 4.92. The average Bonchev–Trinajstić information content (AvgIpc) is 2.81. The summed E-state index contributed by atoms with van der Waals surface area (Å²) in [5.74, 6) is 1.30. The molecule has 1 N–H and O–H groups in total. The van der Waals surface area contributed by atoms with Crippen molar-refractivity contribution in [2.75, 3.05) is 39.8 Å². The molecule has 1 aliphatic rings. The van der Waals surface area contributed by atoms with Crippen molar-refractivity contribution in [1.82, 2.24) is 15.1 Å². The second-order valence-corrected chi connectivity index (χ2v) is 7.98. The largest absolute Gasteiger partial charge is 0.457 e. The van der Waals surface area contributed by atoms with Gasteiger partial charge in [0.05, 0.1) is 6.04 Å². The molecule has 1 saturated heterocycles. The topological polar surface area (TPSA) is 44.8 Å². The fourth-order valence-electron chi connectivity index (χ4n) is 3.78. The summed E-state index contributed by atoms with van der Waals surface area (Å²) in [5.41, 5.74) is 1.71. The first-order valence-corrected chi connectivity index (χ1v) is 10.8. The first-order valence-electron chi connectivity index (χ1n) is 10.8. The second-order valence-electron chi connectivity index (χ2n) is 7.98. The Balaban J connectivity index is 1.47. The maximum atomic E-state index is 13.1. The lowest BCUT2D eigenvalue weighted by atomic mass is 10.0. The molecule has 5 nitrogen and oxygen atoms in total. The third kappa shape index (κ3) is 5.94. The van der Waals surface area contributed by atoms with Crippen LogP contribution in [0, 0.1) is 0 Å². The van der Waals surface area contributed by atoms with E-state index in [2.05, 4.69) is 34.3 Å². The lowest BCUT2D eigenvalue weighted by Gasteiger charge is -2.35. The molecule has 1 amide bonds. The van der Waals surface area contributed by atoms with Gasteiger partial charge >= 0.3 is 0 Å². The van der Waals surface area contributed by atoms with E-state index < -0.39 is 0 Å². The van der Waals surface area contributed by atoms with E-state index in [9.17, 15) is 4.79 Å². The Kier molecular flexibility index (Phi) is 6.97. The van der Waals surface area contributed by atoms with Crippen LogP contribution in [-0.4, -0.2) is 55.5 Å². The molecule has 1 atom stereocenters. The number of benzene rings is 3. The van der Waals surface area contributed by atoms with Crippen LogP contribution in [0.25, 0.3) is 0 Å². The molecule has 31 heavy (non-hydrogen) atoms. The number of hydrogen-bond acceptors (Lipinski definition) is 4. The van der Waals surface area contributed by atoms with Gasteiger partial charge in [0.2, 0.25) is 0 Å². The van der Waals surface area contributed by atoms with Gasteiger partial charge in [0.25, 0.3) is 5.91 Å². The van der Waals surface area contributed by atoms with Crippen LogP contribution >= 0.6 is 0 Å². The van der Waals surface area contributed by atoms with Gasteiger partial charge < -0.3 is 15.0 Å². The molecule has 1 unspecified atom stereocenters. The van der Waals surface area contributed by atoms with Gasteiger partial charge in [0.15, 0.2) is 0 Å². The van der Waals surface area contributed by atoms with Gasteiger partial charge in [-0.1, -0.05) is 54.6 Å². The van der Waals surface area contributed by atoms with Gasteiger partial charge in [-0.15, -0.1) is 0 Å². The second kappa shape index (κ2) is 10.2. The third-order valence-corrected chi connectivity index (χ3v) is 5.62. The van der Waals surface area contributed by atoms with Crippen LogP contribution in [0.3, 0.4) is 0 Å². The lowest BCUT2D eigenvalue weighted by Crippen LogP contribution is -2.47. The molecule has 0 saturated carbocycles. The molecule has 0 bridgehead atoms. The molecule has 1 aliphatic heterocycles. The van der Waals surface area contributed by atoms with Crippen molar-refractivity contribution >= 4 is 5.91 Å². The fraction of sp³-hybridized carbons (Fsp3) is 0.269. The molecule has 1 heterocycles. The minimum absolute atomic E-state index is 0.0733. The SMILES string of the molecule is CN1CCN(CC(NC(=O)c2cccc(Oc3ccccc3)c2)c2ccccc2)CC1. The summed E-state index contributed by atoms with van der Waals surface area (Å²) in [6, 6.07) is 27.1. The Labute approximate surface area is 184 Å². The molecular formula is C26H29N3O2. The van der Waals surface area contributed by atoms with E-state index in [1.807, 2.05) is 66.7 Å². The summed E-state index contributed by atoms with van der Waals surface area (Å²) >= 11 is 0. The van der Waals surface area contributed by atoms with Crippen molar-refractivity contribution in [3.05, 3.63) is 96.1 Å². The van der Waals surface area contributed by atoms with Crippen LogP contribution in [0.4, 0.5) is 0 Å². The van der Waals surface area contributed by atoms with Crippen LogP contribution in [-0.2, 0) is 0 Å². The normalized spacial score (nSPS) is 15.9. The Morgan fingerprint density at radius 3 is 2.23 bits per heavy atom. The Morgan fingerprint density at radius 2 is 1.52 bits per heavy atom. The van der Waals surface area contributed by atoms with Gasteiger partial charge in [-0.3, -0.25) is 9.69 Å². The van der Waals surface area contributed by atoms with Gasteiger partial charge in [0, 0.05) is 38.3 Å². The predicted octanol–water partition coefficient (Wildman–Crippen LogP) is 4.20. The Morgan fingerprint density at radius 1 is 0.871 bits per heavy atom. The van der Waals surface area contributed by atoms with Crippen molar-refractivity contribution in [3.8, 4) is 11.5 Å². The number of para-hydroxylation sites is 1. The number of carbonyl (C=O) groups excluding carboxylic acids is 1. The zero-order valence-corrected chi connectivity index (χ0v) is 17.9. The van der Waals surface area contributed by atoms with E-state index in [-0.39, 0.29) is 11.9 Å². The van der Waals surface area contributed by atoms with Crippen LogP contribution in [0.15, 0.2) is 84.9 Å². The molecule has 5 heteroatoms. The number of piperazine rings is 1. The Bertz CT molecular complexity index is 970. The number of amides is 1. The number of nitrogens with zero attached hydrogens (tertiary/aromatic N) is 2. The van der Waals surface area contributed by atoms with Crippen LogP contribution in [0.5, 0.6) is 11.5 Å². The molecule has 0 radical (unpaired) electrons. The highest BCUT2D eigenvalue weighted by molar-refractivity contribution is 5.94. The van der Waals surface area contributed by atoms with Crippen LogP contribution < -0.4 is 10.1 Å². The maximum Gasteiger partial charge on any atom is 0.251 e. The number of rotatable bonds is 7. The minimum Gasteiger partial charge on any atom is -0.457 e. The van der Waals surface area contributed by atoms with E-state index in [0.717, 1.165) is 44.0 Å². The molecule has 1 fully saturated rings. The lowest BCUT2D eigenvalue weighted by molar-refractivity contribution is 0.0907. The molecule has 160 valence electrons. The van der Waals surface area contributed by atoms with Crippen molar-refractivity contribution in [3.63, 3.8) is 0 Å². The highest BCUT2D eigenvalue weighted by Gasteiger charge is 2.22. The summed E-state index contributed by atoms with van der Waals surface area (Å²) in [4.78, 5) is 17.9. The first-order chi connectivity index (χ1) is 15.2. The maximum absolute atomic E-state index is 13.1. The molecule has 3 aromatic carbocycles. The molecule has 0 spiro atoms. The quantitative estimate of drug-likeness (QED) is 0.628. The highest BCUT2D eigenvalue weighted by atomic mass is 16.5. The molecule has 0 aliphatic carbocycles. The van der Waals surface area contributed by atoms with Gasteiger partial charge in [0.1, 0.15) is 11.5 Å². The van der Waals surface area contributed by atoms with E-state index >= 15 is 0 Å². The first kappa shape index (κ1) is 21.1. The highest BCUT2D eigenvalue weighted by Crippen LogP contribution is 2.23. The summed E-state index contributed by atoms with van der Waals surface area (Å²) in [6.07, 6.45) is 0. The smallest absolute Gasteiger partial charge is 0.251 e. The summed E-state index contributed by atoms with van der Waals surface area (Å²) < 4.78 is 5.90. The Hall–Kier alpha value is -3.15. The molecule has 4 rings (SSSR count). The summed E-state index contributed by atoms with van der Waals surface area (Å²) in [7, 11) is 2.15.